The Morgan fingerprint density at radius 3 is 2.49 bits per heavy atom. The van der Waals surface area contributed by atoms with Gasteiger partial charge in [0.25, 0.3) is 11.8 Å². The van der Waals surface area contributed by atoms with Crippen LogP contribution in [0.15, 0.2) is 48.5 Å². The number of hydrogen-bond donors (Lipinski definition) is 2. The van der Waals surface area contributed by atoms with E-state index in [-0.39, 0.29) is 18.4 Å². The van der Waals surface area contributed by atoms with Crippen LogP contribution in [-0.2, 0) is 14.3 Å². The minimum Gasteiger partial charge on any atom is -0.364 e. The van der Waals surface area contributed by atoms with Gasteiger partial charge < -0.3 is 24.5 Å². The second-order valence-corrected chi connectivity index (χ2v) is 9.56. The van der Waals surface area contributed by atoms with Crippen LogP contribution in [0.1, 0.15) is 55.6 Å². The monoisotopic (exact) mass is 482 g/mol. The van der Waals surface area contributed by atoms with Crippen LogP contribution >= 0.6 is 0 Å². The lowest BCUT2D eigenvalue weighted by molar-refractivity contribution is -0.919. The summed E-state index contributed by atoms with van der Waals surface area (Å²) < 4.78 is 5.53. The number of amides is 2. The number of hydrogen-bond acceptors (Lipinski definition) is 4. The molecular weight excluding hydrogens is 442 g/mol. The molecule has 2 amide bonds. The fourth-order valence-corrected chi connectivity index (χ4v) is 5.30. The normalized spacial score (nSPS) is 20.8. The molecule has 0 spiro atoms. The molecule has 190 valence electrons. The smallest absolute Gasteiger partial charge is 0.279 e. The summed E-state index contributed by atoms with van der Waals surface area (Å²) in [7, 11) is 1.43. The van der Waals surface area contributed by atoms with E-state index in [0.717, 1.165) is 31.5 Å². The Balaban J connectivity index is 1.87. The van der Waals surface area contributed by atoms with Crippen LogP contribution in [0.3, 0.4) is 0 Å². The minimum atomic E-state index is -1.13. The largest absolute Gasteiger partial charge is 0.364 e. The number of likely N-dealkylation sites (N-methyl/N-ethyl adjacent to an activating group) is 1. The maximum absolute atomic E-state index is 13.5. The number of anilines is 1. The molecule has 1 fully saturated rings. The topological polar surface area (TPSA) is 78.9 Å². The number of ether oxygens (including phenoxy) is 1. The second kappa shape index (κ2) is 12.3. The van der Waals surface area contributed by atoms with E-state index in [9.17, 15) is 14.7 Å². The van der Waals surface area contributed by atoms with Gasteiger partial charge in [-0.05, 0) is 44.7 Å². The molecule has 2 aromatic rings. The fraction of sp³-hybridized carbons (Fsp3) is 0.500. The Kier molecular flexibility index (Phi) is 9.43. The number of benzene rings is 2. The van der Waals surface area contributed by atoms with Crippen LogP contribution in [0.2, 0.25) is 0 Å². The van der Waals surface area contributed by atoms with Gasteiger partial charge >= 0.3 is 0 Å². The number of aliphatic hydroxyl groups excluding tert-OH is 1. The van der Waals surface area contributed by atoms with Crippen molar-refractivity contribution in [2.75, 3.05) is 51.7 Å². The summed E-state index contributed by atoms with van der Waals surface area (Å²) in [5.41, 5.74) is 3.19. The van der Waals surface area contributed by atoms with Crippen LogP contribution in [0.25, 0.3) is 0 Å². The van der Waals surface area contributed by atoms with Crippen molar-refractivity contribution in [3.63, 3.8) is 0 Å². The fourth-order valence-electron chi connectivity index (χ4n) is 5.30. The van der Waals surface area contributed by atoms with E-state index in [1.54, 1.807) is 6.07 Å². The number of likely N-dealkylation sites (tertiary alicyclic amines) is 1. The number of piperidine rings is 1. The first-order valence-corrected chi connectivity index (χ1v) is 12.6. The molecule has 3 atom stereocenters. The molecule has 3 rings (SSSR count). The maximum Gasteiger partial charge on any atom is 0.279 e. The molecule has 7 heteroatoms. The molecule has 2 N–H and O–H groups in total. The molecule has 0 radical (unpaired) electrons. The molecule has 2 aromatic carbocycles. The minimum absolute atomic E-state index is 0.0860. The number of aliphatic hydroxyl groups is 1. The summed E-state index contributed by atoms with van der Waals surface area (Å²) in [5.74, 6) is 0.222. The summed E-state index contributed by atoms with van der Waals surface area (Å²) in [4.78, 5) is 28.5. The number of carbonyl (C=O) groups is 2. The Labute approximate surface area is 209 Å². The molecular formula is C28H40N3O4+. The second-order valence-electron chi connectivity index (χ2n) is 9.56. The average molecular weight is 483 g/mol. The Bertz CT molecular complexity index is 993. The van der Waals surface area contributed by atoms with E-state index in [4.69, 9.17) is 4.74 Å². The zero-order chi connectivity index (χ0) is 25.4. The van der Waals surface area contributed by atoms with Crippen molar-refractivity contribution in [3.8, 4) is 0 Å². The third-order valence-corrected chi connectivity index (χ3v) is 7.19. The summed E-state index contributed by atoms with van der Waals surface area (Å²) >= 11 is 0. The number of carbonyl (C=O) groups excluding carboxylic acids is 2. The number of methoxy groups -OCH3 is 1. The lowest BCUT2D eigenvalue weighted by Gasteiger charge is -2.44. The molecule has 35 heavy (non-hydrogen) atoms. The third kappa shape index (κ3) is 6.69. The van der Waals surface area contributed by atoms with Gasteiger partial charge in [-0.1, -0.05) is 48.5 Å². The summed E-state index contributed by atoms with van der Waals surface area (Å²) in [6, 6.07) is 15.9. The molecule has 0 saturated carbocycles. The van der Waals surface area contributed by atoms with Crippen molar-refractivity contribution in [3.05, 3.63) is 65.2 Å². The Morgan fingerprint density at radius 1 is 1.11 bits per heavy atom. The first-order chi connectivity index (χ1) is 16.8. The molecule has 3 unspecified atom stereocenters. The van der Waals surface area contributed by atoms with Gasteiger partial charge in [0.05, 0.1) is 18.8 Å². The zero-order valence-corrected chi connectivity index (χ0v) is 21.5. The van der Waals surface area contributed by atoms with Crippen molar-refractivity contribution in [2.24, 2.45) is 0 Å². The summed E-state index contributed by atoms with van der Waals surface area (Å²) in [6.45, 7) is 9.21. The van der Waals surface area contributed by atoms with Gasteiger partial charge in [-0.2, -0.15) is 0 Å². The number of aryl methyl sites for hydroxylation is 1. The zero-order valence-electron chi connectivity index (χ0n) is 21.5. The van der Waals surface area contributed by atoms with Crippen LogP contribution < -0.4 is 5.32 Å². The molecule has 0 bridgehead atoms. The van der Waals surface area contributed by atoms with Crippen LogP contribution in [-0.4, -0.2) is 72.7 Å². The molecule has 7 nitrogen and oxygen atoms in total. The van der Waals surface area contributed by atoms with Gasteiger partial charge in [-0.15, -0.1) is 0 Å². The highest BCUT2D eigenvalue weighted by Crippen LogP contribution is 2.32. The maximum atomic E-state index is 13.5. The van der Waals surface area contributed by atoms with Gasteiger partial charge in [-0.3, -0.25) is 9.59 Å². The average Bonchev–Trinajstić information content (AvgIpc) is 2.86. The molecule has 1 aliphatic heterocycles. The van der Waals surface area contributed by atoms with E-state index >= 15 is 0 Å². The molecule has 1 aliphatic rings. The quantitative estimate of drug-likeness (QED) is 0.399. The highest BCUT2D eigenvalue weighted by molar-refractivity contribution is 5.93. The first-order valence-electron chi connectivity index (χ1n) is 12.6. The van der Waals surface area contributed by atoms with Crippen LogP contribution in [0, 0.1) is 6.92 Å². The van der Waals surface area contributed by atoms with E-state index in [1.807, 2.05) is 56.0 Å². The Hall–Kier alpha value is -2.74. The van der Waals surface area contributed by atoms with E-state index in [2.05, 4.69) is 17.4 Å². The predicted octanol–water partition coefficient (Wildman–Crippen LogP) is 3.83. The van der Waals surface area contributed by atoms with Crippen LogP contribution in [0.5, 0.6) is 0 Å². The van der Waals surface area contributed by atoms with Gasteiger partial charge in [0.2, 0.25) is 0 Å². The van der Waals surface area contributed by atoms with Crippen molar-refractivity contribution in [1.82, 2.24) is 4.90 Å². The van der Waals surface area contributed by atoms with Crippen LogP contribution in [0.4, 0.5) is 5.69 Å². The summed E-state index contributed by atoms with van der Waals surface area (Å²) in [6.07, 6.45) is 0.874. The standard InChI is InChI=1S/C28H39N3O4/c1-5-30(6-2)26(33)20-31(17-11-15-23(18-31)22-13-8-7-9-14-22)19-25(32)29-27-21(3)12-10-16-24(27)28(34)35-4/h7-10,12-14,16,23,28,34H,5-6,11,15,17-20H2,1-4H3/p+1. The number of quaternary nitrogens is 1. The van der Waals surface area contributed by atoms with E-state index < -0.39 is 6.29 Å². The van der Waals surface area contributed by atoms with Gasteiger partial charge in [0, 0.05) is 31.7 Å². The molecule has 0 aromatic heterocycles. The van der Waals surface area contributed by atoms with E-state index in [1.165, 1.54) is 12.7 Å². The highest BCUT2D eigenvalue weighted by Gasteiger charge is 2.40. The lowest BCUT2D eigenvalue weighted by atomic mass is 9.88. The molecule has 1 saturated heterocycles. The SMILES string of the molecule is CCN(CC)C(=O)C[N+]1(CC(=O)Nc2c(C)cccc2C(O)OC)CCCC(c2ccccc2)C1. The van der Waals surface area contributed by atoms with Gasteiger partial charge in [-0.25, -0.2) is 0 Å². The predicted molar refractivity (Wildman–Crippen MR) is 138 cm³/mol. The number of nitrogens with zero attached hydrogens (tertiary/aromatic N) is 2. The number of rotatable bonds is 10. The van der Waals surface area contributed by atoms with Crippen molar-refractivity contribution in [2.45, 2.75) is 45.8 Å². The van der Waals surface area contributed by atoms with Gasteiger partial charge in [0.1, 0.15) is 0 Å². The molecule has 0 aliphatic carbocycles. The van der Waals surface area contributed by atoms with Crippen molar-refractivity contribution >= 4 is 17.5 Å². The molecule has 1 heterocycles. The lowest BCUT2D eigenvalue weighted by Crippen LogP contribution is -2.60. The van der Waals surface area contributed by atoms with E-state index in [0.29, 0.717) is 41.3 Å². The summed E-state index contributed by atoms with van der Waals surface area (Å²) in [5, 5.41) is 13.3. The van der Waals surface area contributed by atoms with Crippen molar-refractivity contribution < 1.29 is 23.9 Å². The third-order valence-electron chi connectivity index (χ3n) is 7.19. The van der Waals surface area contributed by atoms with Crippen molar-refractivity contribution in [1.29, 1.82) is 0 Å². The highest BCUT2D eigenvalue weighted by atomic mass is 16.6. The number of nitrogens with one attached hydrogen (secondary N) is 1. The van der Waals surface area contributed by atoms with Gasteiger partial charge in [0.15, 0.2) is 19.4 Å². The first kappa shape index (κ1) is 26.9. The Morgan fingerprint density at radius 2 is 1.83 bits per heavy atom. The number of para-hydroxylation sites is 1.